The zero-order valence-corrected chi connectivity index (χ0v) is 10.1. The van der Waals surface area contributed by atoms with Gasteiger partial charge in [0, 0.05) is 24.2 Å². The lowest BCUT2D eigenvalue weighted by Gasteiger charge is -2.05. The number of methoxy groups -OCH3 is 1. The topological polar surface area (TPSA) is 66.0 Å². The highest BCUT2D eigenvalue weighted by atomic mass is 19.1. The third kappa shape index (κ3) is 2.84. The summed E-state index contributed by atoms with van der Waals surface area (Å²) in [4.78, 5) is 0. The van der Waals surface area contributed by atoms with Crippen molar-refractivity contribution in [2.24, 2.45) is 5.73 Å². The van der Waals surface area contributed by atoms with Crippen LogP contribution in [0.1, 0.15) is 11.3 Å². The van der Waals surface area contributed by atoms with E-state index in [0.29, 0.717) is 30.8 Å². The van der Waals surface area contributed by atoms with Crippen LogP contribution in [0.15, 0.2) is 24.4 Å². The first-order valence-electron chi connectivity index (χ1n) is 5.64. The largest absolute Gasteiger partial charge is 0.497 e. The van der Waals surface area contributed by atoms with E-state index in [2.05, 4.69) is 10.3 Å². The smallest absolute Gasteiger partial charge is 0.131 e. The Morgan fingerprint density at radius 2 is 2.28 bits per heavy atom. The van der Waals surface area contributed by atoms with Crippen LogP contribution in [0, 0.1) is 5.82 Å². The van der Waals surface area contributed by atoms with Gasteiger partial charge in [0.25, 0.3) is 0 Å². The summed E-state index contributed by atoms with van der Waals surface area (Å²) in [6.45, 7) is 0.864. The van der Waals surface area contributed by atoms with E-state index in [1.165, 1.54) is 13.2 Å². The van der Waals surface area contributed by atoms with Crippen LogP contribution in [0.5, 0.6) is 5.75 Å². The Labute approximate surface area is 104 Å². The first-order valence-corrected chi connectivity index (χ1v) is 5.64. The summed E-state index contributed by atoms with van der Waals surface area (Å²) >= 11 is 0. The normalized spacial score (nSPS) is 10.6. The molecule has 1 aromatic heterocycles. The number of nitrogens with zero attached hydrogens (tertiary/aromatic N) is 3. The van der Waals surface area contributed by atoms with E-state index in [9.17, 15) is 4.39 Å². The molecule has 1 heterocycles. The van der Waals surface area contributed by atoms with Gasteiger partial charge in [0.05, 0.1) is 19.3 Å². The Hall–Kier alpha value is -1.95. The molecule has 2 rings (SSSR count). The Morgan fingerprint density at radius 1 is 1.44 bits per heavy atom. The second-order valence-electron chi connectivity index (χ2n) is 3.90. The summed E-state index contributed by atoms with van der Waals surface area (Å²) in [6.07, 6.45) is 2.45. The number of ether oxygens (including phenoxy) is 1. The summed E-state index contributed by atoms with van der Waals surface area (Å²) in [7, 11) is 1.50. The highest BCUT2D eigenvalue weighted by molar-refractivity contribution is 5.28. The zero-order valence-electron chi connectivity index (χ0n) is 10.1. The van der Waals surface area contributed by atoms with Gasteiger partial charge in [0.1, 0.15) is 11.6 Å². The van der Waals surface area contributed by atoms with Gasteiger partial charge >= 0.3 is 0 Å². The zero-order chi connectivity index (χ0) is 13.0. The molecule has 0 radical (unpaired) electrons. The fourth-order valence-corrected chi connectivity index (χ4v) is 1.64. The van der Waals surface area contributed by atoms with Crippen molar-refractivity contribution in [3.05, 3.63) is 41.5 Å². The standard InChI is InChI=1S/C12H15FN4O/c1-18-11-3-2-9(12(13)6-11)7-17-8-10(4-5-14)15-16-17/h2-3,6,8H,4-5,7,14H2,1H3. The number of hydrogen-bond acceptors (Lipinski definition) is 4. The van der Waals surface area contributed by atoms with Crippen molar-refractivity contribution in [1.82, 2.24) is 15.0 Å². The van der Waals surface area contributed by atoms with Gasteiger partial charge in [-0.3, -0.25) is 0 Å². The van der Waals surface area contributed by atoms with Gasteiger partial charge in [0.2, 0.25) is 0 Å². The molecular formula is C12H15FN4O. The molecule has 0 saturated heterocycles. The molecule has 0 spiro atoms. The molecule has 2 N–H and O–H groups in total. The van der Waals surface area contributed by atoms with E-state index < -0.39 is 0 Å². The molecule has 0 saturated carbocycles. The summed E-state index contributed by atoms with van der Waals surface area (Å²) in [5.41, 5.74) is 6.78. The van der Waals surface area contributed by atoms with Crippen molar-refractivity contribution in [3.63, 3.8) is 0 Å². The molecule has 1 aromatic carbocycles. The number of benzene rings is 1. The average molecular weight is 250 g/mol. The molecule has 2 aromatic rings. The molecule has 0 unspecified atom stereocenters. The first-order chi connectivity index (χ1) is 8.72. The minimum absolute atomic E-state index is 0.315. The van der Waals surface area contributed by atoms with E-state index >= 15 is 0 Å². The molecule has 0 fully saturated rings. The maximum absolute atomic E-state index is 13.7. The maximum Gasteiger partial charge on any atom is 0.131 e. The lowest BCUT2D eigenvalue weighted by molar-refractivity contribution is 0.410. The predicted octanol–water partition coefficient (Wildman–Crippen LogP) is 0.975. The second-order valence-corrected chi connectivity index (χ2v) is 3.90. The monoisotopic (exact) mass is 250 g/mol. The highest BCUT2D eigenvalue weighted by Gasteiger charge is 2.06. The number of nitrogens with two attached hydrogens (primary N) is 1. The Balaban J connectivity index is 2.12. The molecule has 5 nitrogen and oxygen atoms in total. The molecule has 0 amide bonds. The van der Waals surface area contributed by atoms with E-state index in [-0.39, 0.29) is 5.82 Å². The SMILES string of the molecule is COc1ccc(Cn2cc(CCN)nn2)c(F)c1. The van der Waals surface area contributed by atoms with Crippen LogP contribution in [0.4, 0.5) is 4.39 Å². The van der Waals surface area contributed by atoms with Crippen LogP contribution >= 0.6 is 0 Å². The molecule has 0 aliphatic heterocycles. The second kappa shape index (κ2) is 5.59. The average Bonchev–Trinajstić information content (AvgIpc) is 2.80. The molecule has 18 heavy (non-hydrogen) atoms. The van der Waals surface area contributed by atoms with Crippen molar-refractivity contribution in [1.29, 1.82) is 0 Å². The van der Waals surface area contributed by atoms with Crippen molar-refractivity contribution >= 4 is 0 Å². The van der Waals surface area contributed by atoms with Crippen LogP contribution in [0.2, 0.25) is 0 Å². The van der Waals surface area contributed by atoms with E-state index in [4.69, 9.17) is 10.5 Å². The number of hydrogen-bond donors (Lipinski definition) is 1. The lowest BCUT2D eigenvalue weighted by atomic mass is 10.2. The molecule has 96 valence electrons. The van der Waals surface area contributed by atoms with Gasteiger partial charge < -0.3 is 10.5 Å². The Bertz CT molecular complexity index is 527. The molecule has 0 bridgehead atoms. The minimum Gasteiger partial charge on any atom is -0.497 e. The first kappa shape index (κ1) is 12.5. The van der Waals surface area contributed by atoms with Gasteiger partial charge in [-0.05, 0) is 12.6 Å². The van der Waals surface area contributed by atoms with Crippen molar-refractivity contribution in [3.8, 4) is 5.75 Å². The van der Waals surface area contributed by atoms with Crippen LogP contribution < -0.4 is 10.5 Å². The highest BCUT2D eigenvalue weighted by Crippen LogP contribution is 2.16. The molecule has 0 aliphatic rings. The molecular weight excluding hydrogens is 235 g/mol. The number of halogens is 1. The summed E-state index contributed by atoms with van der Waals surface area (Å²) in [5.74, 6) is 0.184. The third-order valence-corrected chi connectivity index (χ3v) is 2.58. The van der Waals surface area contributed by atoms with Gasteiger partial charge in [-0.25, -0.2) is 9.07 Å². The van der Waals surface area contributed by atoms with Crippen molar-refractivity contribution in [2.75, 3.05) is 13.7 Å². The van der Waals surface area contributed by atoms with Crippen LogP contribution in [0.25, 0.3) is 0 Å². The lowest BCUT2D eigenvalue weighted by Crippen LogP contribution is -2.03. The van der Waals surface area contributed by atoms with Crippen molar-refractivity contribution in [2.45, 2.75) is 13.0 Å². The molecule has 0 aliphatic carbocycles. The fraction of sp³-hybridized carbons (Fsp3) is 0.333. The third-order valence-electron chi connectivity index (χ3n) is 2.58. The summed E-state index contributed by atoms with van der Waals surface area (Å²) < 4.78 is 20.3. The van der Waals surface area contributed by atoms with E-state index in [0.717, 1.165) is 5.69 Å². The molecule has 0 atom stereocenters. The molecule has 6 heteroatoms. The quantitative estimate of drug-likeness (QED) is 0.859. The van der Waals surface area contributed by atoms with Gasteiger partial charge in [-0.2, -0.15) is 0 Å². The van der Waals surface area contributed by atoms with Crippen LogP contribution in [-0.4, -0.2) is 28.6 Å². The predicted molar refractivity (Wildman–Crippen MR) is 64.8 cm³/mol. The fourth-order valence-electron chi connectivity index (χ4n) is 1.64. The Morgan fingerprint density at radius 3 is 2.94 bits per heavy atom. The number of aromatic nitrogens is 3. The Kier molecular flexibility index (Phi) is 3.88. The van der Waals surface area contributed by atoms with E-state index in [1.807, 2.05) is 0 Å². The summed E-state index contributed by atoms with van der Waals surface area (Å²) in [5, 5.41) is 7.88. The maximum atomic E-state index is 13.7. The van der Waals surface area contributed by atoms with Crippen LogP contribution in [-0.2, 0) is 13.0 Å². The van der Waals surface area contributed by atoms with Gasteiger partial charge in [0.15, 0.2) is 0 Å². The van der Waals surface area contributed by atoms with Gasteiger partial charge in [-0.15, -0.1) is 5.10 Å². The minimum atomic E-state index is -0.315. The van der Waals surface area contributed by atoms with Gasteiger partial charge in [-0.1, -0.05) is 11.3 Å². The van der Waals surface area contributed by atoms with Crippen LogP contribution in [0.3, 0.4) is 0 Å². The van der Waals surface area contributed by atoms with E-state index in [1.54, 1.807) is 23.0 Å². The number of rotatable bonds is 5. The summed E-state index contributed by atoms with van der Waals surface area (Å²) in [6, 6.07) is 4.75. The van der Waals surface area contributed by atoms with Crippen molar-refractivity contribution < 1.29 is 9.13 Å².